The molecule has 3 aliphatic rings. The third kappa shape index (κ3) is 3.01. The Bertz CT molecular complexity index is 1440. The summed E-state index contributed by atoms with van der Waals surface area (Å²) in [6.07, 6.45) is -1.58. The van der Waals surface area contributed by atoms with Gasteiger partial charge in [-0.25, -0.2) is 9.59 Å². The fourth-order valence-electron chi connectivity index (χ4n) is 7.10. The second-order valence-corrected chi connectivity index (χ2v) is 10.6. The van der Waals surface area contributed by atoms with Crippen molar-refractivity contribution in [2.24, 2.45) is 0 Å². The van der Waals surface area contributed by atoms with E-state index in [-0.39, 0.29) is 11.8 Å². The molecule has 5 heteroatoms. The van der Waals surface area contributed by atoms with Crippen LogP contribution in [0.2, 0.25) is 0 Å². The van der Waals surface area contributed by atoms with E-state index in [9.17, 15) is 9.59 Å². The first-order valence-electron chi connectivity index (χ1n) is 12.7. The van der Waals surface area contributed by atoms with Crippen molar-refractivity contribution in [3.63, 3.8) is 0 Å². The lowest BCUT2D eigenvalue weighted by atomic mass is 9.64. The van der Waals surface area contributed by atoms with Crippen LogP contribution in [0.3, 0.4) is 0 Å². The second-order valence-electron chi connectivity index (χ2n) is 10.6. The molecule has 184 valence electrons. The maximum Gasteiger partial charge on any atom is 0.338 e. The van der Waals surface area contributed by atoms with Crippen molar-refractivity contribution < 1.29 is 23.8 Å². The number of esters is 2. The Labute approximate surface area is 215 Å². The number of carbonyl (C=O) groups is 2. The summed E-state index contributed by atoms with van der Waals surface area (Å²) >= 11 is 0. The van der Waals surface area contributed by atoms with Gasteiger partial charge in [-0.15, -0.1) is 0 Å². The summed E-state index contributed by atoms with van der Waals surface area (Å²) in [6.45, 7) is 4.00. The Morgan fingerprint density at radius 2 is 1.05 bits per heavy atom. The molecule has 2 saturated heterocycles. The van der Waals surface area contributed by atoms with Crippen molar-refractivity contribution in [1.29, 1.82) is 0 Å². The first-order chi connectivity index (χ1) is 17.9. The summed E-state index contributed by atoms with van der Waals surface area (Å²) in [4.78, 5) is 26.6. The number of ether oxygens (including phenoxy) is 3. The molecule has 4 aromatic rings. The Kier molecular flexibility index (Phi) is 4.67. The summed E-state index contributed by atoms with van der Waals surface area (Å²) in [5.41, 5.74) is 1.49. The molecule has 1 aliphatic carbocycles. The third-order valence-corrected chi connectivity index (χ3v) is 8.54. The van der Waals surface area contributed by atoms with E-state index < -0.39 is 35.3 Å². The summed E-state index contributed by atoms with van der Waals surface area (Å²) in [6, 6.07) is 30.5. The molecule has 4 aromatic carbocycles. The molecule has 0 spiro atoms. The van der Waals surface area contributed by atoms with Gasteiger partial charge in [0.15, 0.2) is 12.2 Å². The van der Waals surface area contributed by atoms with Crippen LogP contribution in [0.4, 0.5) is 0 Å². The zero-order valence-electron chi connectivity index (χ0n) is 20.6. The van der Waals surface area contributed by atoms with Crippen molar-refractivity contribution in [2.45, 2.75) is 49.1 Å². The summed E-state index contributed by atoms with van der Waals surface area (Å²) in [5, 5.41) is 2.40. The molecule has 0 N–H and O–H groups in total. The highest BCUT2D eigenvalue weighted by atomic mass is 16.7. The van der Waals surface area contributed by atoms with E-state index >= 15 is 0 Å². The number of rotatable bonds is 4. The molecule has 0 amide bonds. The van der Waals surface area contributed by atoms with Crippen LogP contribution >= 0.6 is 0 Å². The number of hydrogen-bond donors (Lipinski definition) is 0. The molecule has 2 aliphatic heterocycles. The standard InChI is InChI=1S/C32H26O5/c1-31-25-22-17-9-15-19-16-10-18-23(24(19)22)26(25)32(2,37-31)28(36-30(34)21-13-7-4-8-14-21)27(31)35-29(33)20-11-5-3-6-12-20/h3-18,25-28H,1-2H3. The molecule has 2 fully saturated rings. The highest BCUT2D eigenvalue weighted by Gasteiger charge is 2.77. The largest absolute Gasteiger partial charge is 0.452 e. The van der Waals surface area contributed by atoms with Gasteiger partial charge in [0.2, 0.25) is 0 Å². The molecule has 0 radical (unpaired) electrons. The van der Waals surface area contributed by atoms with Crippen LogP contribution in [0.1, 0.15) is 57.5 Å². The first kappa shape index (κ1) is 22.3. The Morgan fingerprint density at radius 1 is 0.622 bits per heavy atom. The SMILES string of the molecule is CC12OC(C)(C(OC(=O)c3ccccc3)C1OC(=O)c1ccccc1)C1c3cccc4cccc(c34)C12. The van der Waals surface area contributed by atoms with Crippen LogP contribution in [0, 0.1) is 0 Å². The lowest BCUT2D eigenvalue weighted by Crippen LogP contribution is -2.56. The Hall–Kier alpha value is -3.96. The number of benzene rings is 4. The molecule has 2 heterocycles. The lowest BCUT2D eigenvalue weighted by Gasteiger charge is -2.42. The molecule has 6 atom stereocenters. The minimum atomic E-state index is -0.890. The van der Waals surface area contributed by atoms with Gasteiger partial charge >= 0.3 is 11.9 Å². The summed E-state index contributed by atoms with van der Waals surface area (Å²) < 4.78 is 19.3. The van der Waals surface area contributed by atoms with Crippen molar-refractivity contribution in [3.05, 3.63) is 119 Å². The fraction of sp³-hybridized carbons (Fsp3) is 0.250. The topological polar surface area (TPSA) is 61.8 Å². The van der Waals surface area contributed by atoms with Crippen LogP contribution in [-0.4, -0.2) is 35.3 Å². The Morgan fingerprint density at radius 3 is 1.49 bits per heavy atom. The van der Waals surface area contributed by atoms with Crippen molar-refractivity contribution >= 4 is 22.7 Å². The van der Waals surface area contributed by atoms with Gasteiger partial charge in [0.25, 0.3) is 0 Å². The maximum atomic E-state index is 13.3. The van der Waals surface area contributed by atoms with Gasteiger partial charge in [-0.2, -0.15) is 0 Å². The maximum absolute atomic E-state index is 13.3. The number of carbonyl (C=O) groups excluding carboxylic acids is 2. The van der Waals surface area contributed by atoms with Gasteiger partial charge in [-0.1, -0.05) is 72.8 Å². The molecule has 2 bridgehead atoms. The average molecular weight is 491 g/mol. The molecule has 0 saturated carbocycles. The van der Waals surface area contributed by atoms with Crippen molar-refractivity contribution in [1.82, 2.24) is 0 Å². The highest BCUT2D eigenvalue weighted by Crippen LogP contribution is 2.70. The molecule has 0 aromatic heterocycles. The van der Waals surface area contributed by atoms with E-state index in [1.807, 2.05) is 26.0 Å². The molecular formula is C32H26O5. The smallest absolute Gasteiger partial charge is 0.338 e. The highest BCUT2D eigenvalue weighted by molar-refractivity contribution is 5.94. The predicted molar refractivity (Wildman–Crippen MR) is 139 cm³/mol. The van der Waals surface area contributed by atoms with Gasteiger partial charge < -0.3 is 14.2 Å². The molecule has 6 unspecified atom stereocenters. The number of fused-ring (bicyclic) bond motifs is 7. The van der Waals surface area contributed by atoms with E-state index in [2.05, 4.69) is 36.4 Å². The van der Waals surface area contributed by atoms with Gasteiger partial charge in [-0.05, 0) is 60.0 Å². The van der Waals surface area contributed by atoms with Crippen LogP contribution < -0.4 is 0 Å². The summed E-state index contributed by atoms with van der Waals surface area (Å²) in [7, 11) is 0. The third-order valence-electron chi connectivity index (χ3n) is 8.54. The van der Waals surface area contributed by atoms with E-state index in [4.69, 9.17) is 14.2 Å². The van der Waals surface area contributed by atoms with E-state index in [1.54, 1.807) is 48.5 Å². The van der Waals surface area contributed by atoms with Gasteiger partial charge in [-0.3, -0.25) is 0 Å². The average Bonchev–Trinajstić information content (AvgIpc) is 3.48. The monoisotopic (exact) mass is 490 g/mol. The zero-order valence-corrected chi connectivity index (χ0v) is 20.6. The predicted octanol–water partition coefficient (Wildman–Crippen LogP) is 6.03. The molecule has 37 heavy (non-hydrogen) atoms. The minimum absolute atomic E-state index is 0.0427. The van der Waals surface area contributed by atoms with Gasteiger partial charge in [0.05, 0.1) is 11.1 Å². The van der Waals surface area contributed by atoms with Crippen LogP contribution in [0.15, 0.2) is 97.1 Å². The van der Waals surface area contributed by atoms with Crippen molar-refractivity contribution in [2.75, 3.05) is 0 Å². The van der Waals surface area contributed by atoms with Crippen LogP contribution in [0.25, 0.3) is 10.8 Å². The molecular weight excluding hydrogens is 464 g/mol. The van der Waals surface area contributed by atoms with Crippen molar-refractivity contribution in [3.8, 4) is 0 Å². The van der Waals surface area contributed by atoms with Gasteiger partial charge in [0.1, 0.15) is 11.2 Å². The quantitative estimate of drug-likeness (QED) is 0.327. The van der Waals surface area contributed by atoms with Crippen LogP contribution in [0.5, 0.6) is 0 Å². The van der Waals surface area contributed by atoms with E-state index in [0.717, 1.165) is 0 Å². The molecule has 7 rings (SSSR count). The number of hydrogen-bond acceptors (Lipinski definition) is 5. The first-order valence-corrected chi connectivity index (χ1v) is 12.7. The zero-order chi connectivity index (χ0) is 25.4. The lowest BCUT2D eigenvalue weighted by molar-refractivity contribution is -0.0709. The van der Waals surface area contributed by atoms with Gasteiger partial charge in [0, 0.05) is 11.8 Å². The minimum Gasteiger partial charge on any atom is -0.452 e. The summed E-state index contributed by atoms with van der Waals surface area (Å²) in [5.74, 6) is -1.01. The Balaban J connectivity index is 1.35. The van der Waals surface area contributed by atoms with E-state index in [1.165, 1.54) is 21.9 Å². The normalized spacial score (nSPS) is 30.8. The second kappa shape index (κ2) is 7.77. The molecule has 5 nitrogen and oxygen atoms in total. The van der Waals surface area contributed by atoms with Crippen LogP contribution in [-0.2, 0) is 14.2 Å². The fourth-order valence-corrected chi connectivity index (χ4v) is 7.10. The van der Waals surface area contributed by atoms with E-state index in [0.29, 0.717) is 11.1 Å².